The van der Waals surface area contributed by atoms with Crippen molar-refractivity contribution >= 4 is 5.69 Å². The van der Waals surface area contributed by atoms with Crippen molar-refractivity contribution in [3.8, 4) is 5.82 Å². The van der Waals surface area contributed by atoms with Crippen LogP contribution in [0.2, 0.25) is 0 Å². The highest BCUT2D eigenvalue weighted by Gasteiger charge is 2.20. The molecule has 0 aliphatic heterocycles. The molecule has 2 aromatic rings. The van der Waals surface area contributed by atoms with E-state index in [1.807, 2.05) is 36.0 Å². The van der Waals surface area contributed by atoms with Gasteiger partial charge in [-0.2, -0.15) is 0 Å². The molecule has 0 aliphatic carbocycles. The summed E-state index contributed by atoms with van der Waals surface area (Å²) in [4.78, 5) is 8.69. The van der Waals surface area contributed by atoms with E-state index in [1.165, 1.54) is 0 Å². The molecule has 1 N–H and O–H groups in total. The summed E-state index contributed by atoms with van der Waals surface area (Å²) in [5.74, 6) is 1.80. The molecule has 5 nitrogen and oxygen atoms in total. The third-order valence-corrected chi connectivity index (χ3v) is 3.58. The highest BCUT2D eigenvalue weighted by molar-refractivity contribution is 5.44. The maximum absolute atomic E-state index is 5.46. The zero-order valence-corrected chi connectivity index (χ0v) is 13.4. The quantitative estimate of drug-likeness (QED) is 0.887. The molecule has 0 amide bonds. The summed E-state index contributed by atoms with van der Waals surface area (Å²) in [7, 11) is 1.75. The minimum absolute atomic E-state index is 0.131. The van der Waals surface area contributed by atoms with Gasteiger partial charge in [0.1, 0.15) is 11.6 Å². The number of hydrogen-bond donors (Lipinski definition) is 1. The smallest absolute Gasteiger partial charge is 0.138 e. The lowest BCUT2D eigenvalue weighted by molar-refractivity contribution is 0.0128. The van der Waals surface area contributed by atoms with Crippen LogP contribution in [-0.4, -0.2) is 33.3 Å². The van der Waals surface area contributed by atoms with Crippen molar-refractivity contribution in [2.45, 2.75) is 45.8 Å². The van der Waals surface area contributed by atoms with Crippen molar-refractivity contribution in [3.05, 3.63) is 36.5 Å². The number of pyridine rings is 1. The van der Waals surface area contributed by atoms with Crippen molar-refractivity contribution in [1.82, 2.24) is 14.5 Å². The second-order valence-corrected chi connectivity index (χ2v) is 5.96. The van der Waals surface area contributed by atoms with Crippen LogP contribution in [0.4, 0.5) is 5.69 Å². The molecule has 21 heavy (non-hydrogen) atoms. The molecule has 1 unspecified atom stereocenters. The predicted octanol–water partition coefficient (Wildman–Crippen LogP) is 3.19. The third-order valence-electron chi connectivity index (χ3n) is 3.58. The fourth-order valence-corrected chi connectivity index (χ4v) is 2.39. The van der Waals surface area contributed by atoms with Crippen LogP contribution in [0.1, 0.15) is 33.0 Å². The fourth-order valence-electron chi connectivity index (χ4n) is 2.39. The van der Waals surface area contributed by atoms with Gasteiger partial charge in [-0.1, -0.05) is 0 Å². The van der Waals surface area contributed by atoms with E-state index in [2.05, 4.69) is 36.1 Å². The summed E-state index contributed by atoms with van der Waals surface area (Å²) in [5, 5.41) is 3.45. The van der Waals surface area contributed by atoms with Gasteiger partial charge in [-0.15, -0.1) is 0 Å². The molecule has 0 fully saturated rings. The molecular weight excluding hydrogens is 264 g/mol. The lowest BCUT2D eigenvalue weighted by Crippen LogP contribution is -2.31. The van der Waals surface area contributed by atoms with Crippen LogP contribution in [0.5, 0.6) is 0 Å². The highest BCUT2D eigenvalue weighted by Crippen LogP contribution is 2.19. The molecule has 0 saturated carbocycles. The largest absolute Gasteiger partial charge is 0.381 e. The standard InChI is InChI=1S/C16H24N4O/c1-12(10-16(3,4)21-5)19-14-6-7-15(18-11-14)20-9-8-17-13(20)2/h6-9,11-12,19H,10H2,1-5H3. The van der Waals surface area contributed by atoms with E-state index in [1.54, 1.807) is 13.3 Å². The normalized spacial score (nSPS) is 13.2. The number of ether oxygens (including phenoxy) is 1. The second kappa shape index (κ2) is 6.26. The van der Waals surface area contributed by atoms with E-state index in [0.717, 1.165) is 23.8 Å². The van der Waals surface area contributed by atoms with Crippen molar-refractivity contribution < 1.29 is 4.74 Å². The Morgan fingerprint density at radius 1 is 1.33 bits per heavy atom. The predicted molar refractivity (Wildman–Crippen MR) is 84.9 cm³/mol. The monoisotopic (exact) mass is 288 g/mol. The molecule has 2 rings (SSSR count). The van der Waals surface area contributed by atoms with Gasteiger partial charge in [0.2, 0.25) is 0 Å². The Balaban J connectivity index is 2.01. The average Bonchev–Trinajstić information content (AvgIpc) is 2.85. The summed E-state index contributed by atoms with van der Waals surface area (Å²) in [6.45, 7) is 8.29. The van der Waals surface area contributed by atoms with Gasteiger partial charge in [-0.05, 0) is 46.2 Å². The van der Waals surface area contributed by atoms with Gasteiger partial charge in [0.05, 0.1) is 17.5 Å². The number of hydrogen-bond acceptors (Lipinski definition) is 4. The number of nitrogens with one attached hydrogen (secondary N) is 1. The number of rotatable bonds is 6. The van der Waals surface area contributed by atoms with Crippen molar-refractivity contribution in [1.29, 1.82) is 0 Å². The van der Waals surface area contributed by atoms with Crippen molar-refractivity contribution in [2.75, 3.05) is 12.4 Å². The van der Waals surface area contributed by atoms with Crippen LogP contribution in [0.15, 0.2) is 30.7 Å². The van der Waals surface area contributed by atoms with Crippen molar-refractivity contribution in [3.63, 3.8) is 0 Å². The molecule has 2 heterocycles. The van der Waals surface area contributed by atoms with E-state index < -0.39 is 0 Å². The topological polar surface area (TPSA) is 52.0 Å². The van der Waals surface area contributed by atoms with Gasteiger partial charge in [-0.25, -0.2) is 9.97 Å². The van der Waals surface area contributed by atoms with Gasteiger partial charge in [0, 0.05) is 25.5 Å². The van der Waals surface area contributed by atoms with Gasteiger partial charge in [0.15, 0.2) is 0 Å². The first-order chi connectivity index (χ1) is 9.91. The van der Waals surface area contributed by atoms with Crippen LogP contribution in [0.25, 0.3) is 5.82 Å². The molecular formula is C16H24N4O. The Morgan fingerprint density at radius 3 is 2.62 bits per heavy atom. The number of imidazole rings is 1. The van der Waals surface area contributed by atoms with Crippen LogP contribution >= 0.6 is 0 Å². The van der Waals surface area contributed by atoms with E-state index in [9.17, 15) is 0 Å². The molecule has 1 atom stereocenters. The van der Waals surface area contributed by atoms with Gasteiger partial charge < -0.3 is 10.1 Å². The zero-order valence-electron chi connectivity index (χ0n) is 13.4. The van der Waals surface area contributed by atoms with E-state index in [-0.39, 0.29) is 5.60 Å². The maximum Gasteiger partial charge on any atom is 0.138 e. The van der Waals surface area contributed by atoms with E-state index in [4.69, 9.17) is 4.74 Å². The Hall–Kier alpha value is -1.88. The first-order valence-corrected chi connectivity index (χ1v) is 7.19. The minimum atomic E-state index is -0.131. The van der Waals surface area contributed by atoms with Crippen LogP contribution in [-0.2, 0) is 4.74 Å². The summed E-state index contributed by atoms with van der Waals surface area (Å²) in [5.41, 5.74) is 0.879. The molecule has 0 bridgehead atoms. The van der Waals surface area contributed by atoms with Crippen LogP contribution < -0.4 is 5.32 Å². The number of aromatic nitrogens is 3. The molecule has 114 valence electrons. The number of anilines is 1. The summed E-state index contributed by atoms with van der Waals surface area (Å²) >= 11 is 0. The van der Waals surface area contributed by atoms with Crippen LogP contribution in [0, 0.1) is 6.92 Å². The lowest BCUT2D eigenvalue weighted by atomic mass is 10.00. The SMILES string of the molecule is COC(C)(C)CC(C)Nc1ccc(-n2ccnc2C)nc1. The number of nitrogens with zero attached hydrogens (tertiary/aromatic N) is 3. The third kappa shape index (κ3) is 4.04. The molecule has 0 saturated heterocycles. The molecule has 0 aliphatic rings. The number of methoxy groups -OCH3 is 1. The maximum atomic E-state index is 5.46. The molecule has 2 aromatic heterocycles. The molecule has 0 aromatic carbocycles. The summed E-state index contributed by atoms with van der Waals surface area (Å²) in [6, 6.07) is 4.34. The van der Waals surface area contributed by atoms with E-state index in [0.29, 0.717) is 6.04 Å². The summed E-state index contributed by atoms with van der Waals surface area (Å²) in [6.07, 6.45) is 6.46. The average molecular weight is 288 g/mol. The van der Waals surface area contributed by atoms with E-state index >= 15 is 0 Å². The zero-order chi connectivity index (χ0) is 15.5. The first-order valence-electron chi connectivity index (χ1n) is 7.19. The lowest BCUT2D eigenvalue weighted by Gasteiger charge is -2.27. The van der Waals surface area contributed by atoms with Crippen molar-refractivity contribution in [2.24, 2.45) is 0 Å². The molecule has 0 spiro atoms. The molecule has 0 radical (unpaired) electrons. The number of aryl methyl sites for hydroxylation is 1. The first kappa shape index (κ1) is 15.5. The van der Waals surface area contributed by atoms with Gasteiger partial charge in [-0.3, -0.25) is 4.57 Å². The van der Waals surface area contributed by atoms with Gasteiger partial charge in [0.25, 0.3) is 0 Å². The highest BCUT2D eigenvalue weighted by atomic mass is 16.5. The molecule has 5 heteroatoms. The summed E-state index contributed by atoms with van der Waals surface area (Å²) < 4.78 is 7.42. The Labute approximate surface area is 126 Å². The Bertz CT molecular complexity index is 574. The fraction of sp³-hybridized carbons (Fsp3) is 0.500. The Morgan fingerprint density at radius 2 is 2.10 bits per heavy atom. The second-order valence-electron chi connectivity index (χ2n) is 5.96. The van der Waals surface area contributed by atoms with Crippen LogP contribution in [0.3, 0.4) is 0 Å². The van der Waals surface area contributed by atoms with Gasteiger partial charge >= 0.3 is 0 Å². The minimum Gasteiger partial charge on any atom is -0.381 e. The Kier molecular flexibility index (Phi) is 4.63.